The van der Waals surface area contributed by atoms with Crippen molar-refractivity contribution in [2.45, 2.75) is 19.3 Å². The van der Waals surface area contributed by atoms with E-state index in [2.05, 4.69) is 12.6 Å². The fourth-order valence-corrected chi connectivity index (χ4v) is 1.38. The normalized spacial score (nSPS) is 19.6. The number of thiol groups is 1. The van der Waals surface area contributed by atoms with E-state index < -0.39 is 0 Å². The lowest BCUT2D eigenvalue weighted by Crippen LogP contribution is -2.08. The first-order valence-electron chi connectivity index (χ1n) is 3.26. The molecular weight excluding hydrogens is 146 g/mol. The maximum atomic E-state index is 10.6. The number of carbonyl (C=O) groups is 1. The van der Waals surface area contributed by atoms with Gasteiger partial charge in [0.25, 0.3) is 0 Å². The molecule has 0 unspecified atom stereocenters. The third-order valence-corrected chi connectivity index (χ3v) is 2.62. The molecule has 1 fully saturated rings. The van der Waals surface area contributed by atoms with Crippen LogP contribution in [-0.2, 0) is 4.79 Å². The van der Waals surface area contributed by atoms with Crippen LogP contribution in [0.3, 0.4) is 0 Å². The Kier molecular flexibility index (Phi) is 2.00. The number of ketones is 1. The summed E-state index contributed by atoms with van der Waals surface area (Å²) in [5.74, 6) is 0.437. The molecule has 0 heterocycles. The molecule has 0 N–H and O–H groups in total. The van der Waals surface area contributed by atoms with Gasteiger partial charge in [-0.2, -0.15) is 17.9 Å². The van der Waals surface area contributed by atoms with Gasteiger partial charge >= 0.3 is 0 Å². The van der Waals surface area contributed by atoms with E-state index in [1.165, 1.54) is 0 Å². The van der Waals surface area contributed by atoms with Gasteiger partial charge in [0.1, 0.15) is 6.07 Å². The number of nitrogens with zero attached hydrogens (tertiary/aromatic N) is 1. The molecule has 0 aromatic carbocycles. The second-order valence-corrected chi connectivity index (χ2v) is 3.19. The van der Waals surface area contributed by atoms with Gasteiger partial charge in [0.2, 0.25) is 5.78 Å². The van der Waals surface area contributed by atoms with E-state index in [0.717, 1.165) is 18.6 Å². The minimum Gasteiger partial charge on any atom is -0.283 e. The second kappa shape index (κ2) is 2.63. The minimum absolute atomic E-state index is 0.107. The van der Waals surface area contributed by atoms with Crippen LogP contribution in [0.15, 0.2) is 0 Å². The molecule has 1 saturated carbocycles. The van der Waals surface area contributed by atoms with Gasteiger partial charge in [-0.15, -0.1) is 0 Å². The SMILES string of the molecule is N#CC(=O)CC1(CS)CC1. The van der Waals surface area contributed by atoms with Crippen LogP contribution in [0.2, 0.25) is 0 Å². The maximum absolute atomic E-state index is 10.6. The second-order valence-electron chi connectivity index (χ2n) is 2.87. The number of hydrogen-bond acceptors (Lipinski definition) is 3. The summed E-state index contributed by atoms with van der Waals surface area (Å²) in [6.07, 6.45) is 2.53. The predicted molar refractivity (Wildman–Crippen MR) is 40.8 cm³/mol. The van der Waals surface area contributed by atoms with Crippen LogP contribution in [-0.4, -0.2) is 11.5 Å². The van der Waals surface area contributed by atoms with E-state index in [9.17, 15) is 4.79 Å². The molecule has 1 aliphatic carbocycles. The summed E-state index contributed by atoms with van der Waals surface area (Å²) in [6.45, 7) is 0. The molecule has 0 aromatic rings. The van der Waals surface area contributed by atoms with Crippen LogP contribution in [0.4, 0.5) is 0 Å². The molecule has 2 nitrogen and oxygen atoms in total. The minimum atomic E-state index is -0.299. The quantitative estimate of drug-likeness (QED) is 0.491. The van der Waals surface area contributed by atoms with Gasteiger partial charge in [-0.1, -0.05) is 0 Å². The van der Waals surface area contributed by atoms with E-state index in [0.29, 0.717) is 6.42 Å². The molecule has 0 spiro atoms. The number of Topliss-reactive ketones (excluding diaryl/α,β-unsaturated/α-hetero) is 1. The Hall–Kier alpha value is -0.490. The van der Waals surface area contributed by atoms with Gasteiger partial charge in [0, 0.05) is 6.42 Å². The van der Waals surface area contributed by atoms with Crippen molar-refractivity contribution in [3.8, 4) is 6.07 Å². The lowest BCUT2D eigenvalue weighted by molar-refractivity contribution is -0.114. The van der Waals surface area contributed by atoms with E-state index in [1.807, 2.05) is 0 Å². The number of hydrogen-bond donors (Lipinski definition) is 1. The Morgan fingerprint density at radius 3 is 2.60 bits per heavy atom. The van der Waals surface area contributed by atoms with Crippen molar-refractivity contribution in [2.75, 3.05) is 5.75 Å². The molecule has 0 aromatic heterocycles. The fourth-order valence-electron chi connectivity index (χ4n) is 0.948. The summed E-state index contributed by atoms with van der Waals surface area (Å²) < 4.78 is 0. The molecule has 0 saturated heterocycles. The lowest BCUT2D eigenvalue weighted by Gasteiger charge is -2.05. The van der Waals surface area contributed by atoms with Crippen molar-refractivity contribution in [2.24, 2.45) is 5.41 Å². The summed E-state index contributed by atoms with van der Waals surface area (Å²) in [5, 5.41) is 8.20. The van der Waals surface area contributed by atoms with E-state index in [1.54, 1.807) is 6.07 Å². The summed E-state index contributed by atoms with van der Waals surface area (Å²) >= 11 is 4.12. The van der Waals surface area contributed by atoms with Crippen molar-refractivity contribution in [3.05, 3.63) is 0 Å². The molecular formula is C7H9NOS. The smallest absolute Gasteiger partial charge is 0.232 e. The van der Waals surface area contributed by atoms with Gasteiger partial charge in [-0.05, 0) is 24.0 Å². The molecule has 1 rings (SSSR count). The fraction of sp³-hybridized carbons (Fsp3) is 0.714. The first-order valence-corrected chi connectivity index (χ1v) is 3.89. The highest BCUT2D eigenvalue weighted by Gasteiger charge is 2.42. The summed E-state index contributed by atoms with van der Waals surface area (Å²) in [4.78, 5) is 10.6. The van der Waals surface area contributed by atoms with Crippen molar-refractivity contribution in [1.29, 1.82) is 5.26 Å². The standard InChI is InChI=1S/C7H9NOS/c8-4-6(9)3-7(5-10)1-2-7/h10H,1-3,5H2. The summed E-state index contributed by atoms with van der Waals surface area (Å²) in [6, 6.07) is 1.62. The molecule has 54 valence electrons. The summed E-state index contributed by atoms with van der Waals surface area (Å²) in [7, 11) is 0. The van der Waals surface area contributed by atoms with Crippen LogP contribution in [0.25, 0.3) is 0 Å². The predicted octanol–water partition coefficient (Wildman–Crippen LogP) is 1.18. The van der Waals surface area contributed by atoms with E-state index >= 15 is 0 Å². The van der Waals surface area contributed by atoms with Crippen LogP contribution in [0, 0.1) is 16.7 Å². The topological polar surface area (TPSA) is 40.9 Å². The number of rotatable bonds is 3. The number of carbonyl (C=O) groups excluding carboxylic acids is 1. The molecule has 0 aliphatic heterocycles. The van der Waals surface area contributed by atoms with E-state index in [-0.39, 0.29) is 11.2 Å². The van der Waals surface area contributed by atoms with Gasteiger partial charge < -0.3 is 0 Å². The van der Waals surface area contributed by atoms with Crippen molar-refractivity contribution in [3.63, 3.8) is 0 Å². The van der Waals surface area contributed by atoms with Crippen LogP contribution in [0.1, 0.15) is 19.3 Å². The van der Waals surface area contributed by atoms with Gasteiger partial charge in [-0.3, -0.25) is 4.79 Å². The highest BCUT2D eigenvalue weighted by molar-refractivity contribution is 7.80. The molecule has 10 heavy (non-hydrogen) atoms. The average Bonchev–Trinajstić information content (AvgIpc) is 2.70. The van der Waals surface area contributed by atoms with Crippen LogP contribution >= 0.6 is 12.6 Å². The Labute approximate surface area is 65.6 Å². The lowest BCUT2D eigenvalue weighted by atomic mass is 10.0. The Bertz CT molecular complexity index is 190. The molecule has 3 heteroatoms. The zero-order valence-electron chi connectivity index (χ0n) is 5.63. The summed E-state index contributed by atoms with van der Waals surface area (Å²) in [5.41, 5.74) is 0.107. The molecule has 0 radical (unpaired) electrons. The van der Waals surface area contributed by atoms with E-state index in [4.69, 9.17) is 5.26 Å². The average molecular weight is 155 g/mol. The highest BCUT2D eigenvalue weighted by atomic mass is 32.1. The number of nitriles is 1. The van der Waals surface area contributed by atoms with Crippen LogP contribution < -0.4 is 0 Å². The molecule has 0 amide bonds. The van der Waals surface area contributed by atoms with Gasteiger partial charge in [-0.25, -0.2) is 0 Å². The van der Waals surface area contributed by atoms with Crippen LogP contribution in [0.5, 0.6) is 0 Å². The first-order chi connectivity index (χ1) is 4.72. The Balaban J connectivity index is 2.39. The maximum Gasteiger partial charge on any atom is 0.232 e. The zero-order valence-corrected chi connectivity index (χ0v) is 6.53. The van der Waals surface area contributed by atoms with Gasteiger partial charge in [0.05, 0.1) is 0 Å². The highest BCUT2D eigenvalue weighted by Crippen LogP contribution is 2.49. The Morgan fingerprint density at radius 1 is 1.70 bits per heavy atom. The molecule has 0 bridgehead atoms. The largest absolute Gasteiger partial charge is 0.283 e. The van der Waals surface area contributed by atoms with Gasteiger partial charge in [0.15, 0.2) is 0 Å². The van der Waals surface area contributed by atoms with Crippen molar-refractivity contribution >= 4 is 18.4 Å². The third kappa shape index (κ3) is 1.51. The van der Waals surface area contributed by atoms with Crippen molar-refractivity contribution in [1.82, 2.24) is 0 Å². The Morgan fingerprint density at radius 2 is 2.30 bits per heavy atom. The molecule has 0 atom stereocenters. The monoisotopic (exact) mass is 155 g/mol. The zero-order chi connectivity index (χ0) is 7.61. The first kappa shape index (κ1) is 7.62. The van der Waals surface area contributed by atoms with Crippen molar-refractivity contribution < 1.29 is 4.79 Å². The third-order valence-electron chi connectivity index (χ3n) is 1.95. The molecule has 1 aliphatic rings.